The van der Waals surface area contributed by atoms with Crippen molar-refractivity contribution in [2.45, 2.75) is 26.2 Å². The smallest absolute Gasteiger partial charge is 0.164 e. The Morgan fingerprint density at radius 2 is 0.759 bits per heavy atom. The van der Waals surface area contributed by atoms with Crippen molar-refractivity contribution in [2.24, 2.45) is 0 Å². The van der Waals surface area contributed by atoms with Crippen molar-refractivity contribution in [3.63, 3.8) is 0 Å². The van der Waals surface area contributed by atoms with Crippen molar-refractivity contribution >= 4 is 36.9 Å². The van der Waals surface area contributed by atoms with E-state index >= 15 is 0 Å². The average molecular weight is 726 g/mol. The van der Waals surface area contributed by atoms with Gasteiger partial charge in [-0.15, -0.1) is 0 Å². The van der Waals surface area contributed by atoms with Gasteiger partial charge in [-0.25, -0.2) is 15.0 Å². The largest absolute Gasteiger partial charge is 0.208 e. The Balaban J connectivity index is 1.27. The van der Waals surface area contributed by atoms with Gasteiger partial charge in [-0.2, -0.15) is 0 Å². The molecule has 0 spiro atoms. The van der Waals surface area contributed by atoms with Gasteiger partial charge in [0.05, 0.1) is 0 Å². The molecule has 7 aromatic carbocycles. The lowest BCUT2D eigenvalue weighted by molar-refractivity contribution is 1.07. The fourth-order valence-electron chi connectivity index (χ4n) is 9.03. The van der Waals surface area contributed by atoms with Gasteiger partial charge >= 0.3 is 0 Å². The van der Waals surface area contributed by atoms with Crippen molar-refractivity contribution in [3.05, 3.63) is 164 Å². The zero-order valence-electron chi connectivity index (χ0n) is 30.9. The normalized spacial score (nSPS) is 14.2. The van der Waals surface area contributed by atoms with Crippen LogP contribution < -0.4 is 20.7 Å². The summed E-state index contributed by atoms with van der Waals surface area (Å²) < 4.78 is 0. The summed E-state index contributed by atoms with van der Waals surface area (Å²) in [6.07, 6.45) is 0. The molecule has 2 aliphatic heterocycles. The van der Waals surface area contributed by atoms with Gasteiger partial charge in [0.25, 0.3) is 0 Å². The van der Waals surface area contributed by atoms with Crippen LogP contribution in [0.1, 0.15) is 0 Å². The molecule has 0 fully saturated rings. The molecule has 0 radical (unpaired) electrons. The van der Waals surface area contributed by atoms with Gasteiger partial charge < -0.3 is 0 Å². The third-order valence-electron chi connectivity index (χ3n) is 11.7. The molecule has 3 heterocycles. The standard InChI is InChI=1S/C49H39N3Si2/c1-53(2)43-26-16-14-24-36(43)40-30-42(38(31-45(40)53)32-18-8-5-9-19-32)49-51-47(34-22-12-7-13-23-34)50-48(52-49)35-28-39(33-20-10-6-11-21-33)46-41(29-35)37-25-15-17-27-44(37)54(46,3)4/h5-31H,1-4H3. The van der Waals surface area contributed by atoms with Crippen molar-refractivity contribution in [2.75, 3.05) is 0 Å². The number of hydrogen-bond donors (Lipinski definition) is 0. The number of hydrogen-bond acceptors (Lipinski definition) is 3. The highest BCUT2D eigenvalue weighted by Gasteiger charge is 2.41. The second-order valence-corrected chi connectivity index (χ2v) is 24.3. The minimum atomic E-state index is -2.01. The van der Waals surface area contributed by atoms with Crippen LogP contribution in [0.2, 0.25) is 26.2 Å². The number of fused-ring (bicyclic) bond motifs is 6. The first kappa shape index (κ1) is 32.6. The molecule has 0 saturated carbocycles. The Morgan fingerprint density at radius 1 is 0.296 bits per heavy atom. The molecular weight excluding hydrogens is 687 g/mol. The quantitative estimate of drug-likeness (QED) is 0.166. The van der Waals surface area contributed by atoms with E-state index in [0.29, 0.717) is 17.5 Å². The van der Waals surface area contributed by atoms with Crippen molar-refractivity contribution in [1.82, 2.24) is 15.0 Å². The maximum Gasteiger partial charge on any atom is 0.164 e. The molecule has 0 N–H and O–H groups in total. The van der Waals surface area contributed by atoms with Gasteiger partial charge in [-0.1, -0.05) is 172 Å². The van der Waals surface area contributed by atoms with Gasteiger partial charge in [0.2, 0.25) is 0 Å². The Bertz CT molecular complexity index is 2760. The van der Waals surface area contributed by atoms with Gasteiger partial charge in [0, 0.05) is 16.7 Å². The Labute approximate surface area is 319 Å². The molecule has 0 amide bonds. The summed E-state index contributed by atoms with van der Waals surface area (Å²) in [6, 6.07) is 59.4. The molecule has 258 valence electrons. The lowest BCUT2D eigenvalue weighted by atomic mass is 9.94. The summed E-state index contributed by atoms with van der Waals surface area (Å²) in [4.78, 5) is 16.0. The first-order valence-corrected chi connectivity index (χ1v) is 24.8. The van der Waals surface area contributed by atoms with E-state index in [9.17, 15) is 0 Å². The van der Waals surface area contributed by atoms with Crippen LogP contribution in [0.3, 0.4) is 0 Å². The topological polar surface area (TPSA) is 38.7 Å². The average Bonchev–Trinajstić information content (AvgIpc) is 3.60. The summed E-state index contributed by atoms with van der Waals surface area (Å²) in [7, 11) is -3.94. The summed E-state index contributed by atoms with van der Waals surface area (Å²) in [5.41, 5.74) is 13.0. The maximum atomic E-state index is 5.46. The van der Waals surface area contributed by atoms with Crippen LogP contribution in [0.25, 0.3) is 78.7 Å². The first-order valence-electron chi connectivity index (χ1n) is 18.8. The first-order chi connectivity index (χ1) is 26.3. The molecule has 0 unspecified atom stereocenters. The molecule has 0 saturated heterocycles. The van der Waals surface area contributed by atoms with Crippen LogP contribution in [0.5, 0.6) is 0 Å². The predicted octanol–water partition coefficient (Wildman–Crippen LogP) is 9.81. The monoisotopic (exact) mass is 725 g/mol. The van der Waals surface area contributed by atoms with Crippen molar-refractivity contribution < 1.29 is 0 Å². The third kappa shape index (κ3) is 5.03. The van der Waals surface area contributed by atoms with Crippen LogP contribution in [0, 0.1) is 0 Å². The van der Waals surface area contributed by atoms with E-state index in [2.05, 4.69) is 184 Å². The summed E-state index contributed by atoms with van der Waals surface area (Å²) in [5, 5.41) is 5.90. The molecule has 2 aliphatic rings. The molecule has 0 aliphatic carbocycles. The summed E-state index contributed by atoms with van der Waals surface area (Å²) in [5.74, 6) is 2.03. The fourth-order valence-corrected chi connectivity index (χ4v) is 15.6. The minimum Gasteiger partial charge on any atom is -0.208 e. The maximum absolute atomic E-state index is 5.46. The van der Waals surface area contributed by atoms with E-state index < -0.39 is 16.1 Å². The summed E-state index contributed by atoms with van der Waals surface area (Å²) in [6.45, 7) is 9.92. The molecule has 5 heteroatoms. The molecule has 54 heavy (non-hydrogen) atoms. The highest BCUT2D eigenvalue weighted by atomic mass is 28.3. The van der Waals surface area contributed by atoms with E-state index in [1.807, 2.05) is 6.07 Å². The van der Waals surface area contributed by atoms with Crippen LogP contribution in [-0.4, -0.2) is 31.1 Å². The highest BCUT2D eigenvalue weighted by molar-refractivity contribution is 7.05. The van der Waals surface area contributed by atoms with E-state index in [4.69, 9.17) is 15.0 Å². The van der Waals surface area contributed by atoms with Gasteiger partial charge in [-0.3, -0.25) is 0 Å². The van der Waals surface area contributed by atoms with E-state index in [-0.39, 0.29) is 0 Å². The molecule has 8 aromatic rings. The van der Waals surface area contributed by atoms with Gasteiger partial charge in [-0.05, 0) is 83.5 Å². The zero-order valence-corrected chi connectivity index (χ0v) is 32.9. The van der Waals surface area contributed by atoms with E-state index in [0.717, 1.165) is 27.8 Å². The molecule has 1 aromatic heterocycles. The Kier molecular flexibility index (Phi) is 7.41. The molecule has 0 atom stereocenters. The SMILES string of the molecule is C[Si]1(C)c2ccccc2-c2cc(-c3nc(-c4ccccc4)nc(-c4cc(-c5ccccc5)c5c(c4)-c4ccccc4[Si]5(C)C)n3)c(-c3ccccc3)cc21. The molecule has 10 rings (SSSR count). The number of aromatic nitrogens is 3. The van der Waals surface area contributed by atoms with Crippen LogP contribution in [0.15, 0.2) is 164 Å². The third-order valence-corrected chi connectivity index (χ3v) is 18.8. The van der Waals surface area contributed by atoms with E-state index in [1.54, 1.807) is 0 Å². The van der Waals surface area contributed by atoms with Crippen LogP contribution >= 0.6 is 0 Å². The van der Waals surface area contributed by atoms with Crippen LogP contribution in [0.4, 0.5) is 0 Å². The number of nitrogens with zero attached hydrogens (tertiary/aromatic N) is 3. The second kappa shape index (κ2) is 12.3. The molecule has 3 nitrogen and oxygen atoms in total. The van der Waals surface area contributed by atoms with Crippen molar-refractivity contribution in [3.8, 4) is 78.7 Å². The fraction of sp³-hybridized carbons (Fsp3) is 0.0816. The van der Waals surface area contributed by atoms with Crippen molar-refractivity contribution in [1.29, 1.82) is 0 Å². The molecule has 0 bridgehead atoms. The summed E-state index contributed by atoms with van der Waals surface area (Å²) >= 11 is 0. The van der Waals surface area contributed by atoms with Gasteiger partial charge in [0.15, 0.2) is 17.5 Å². The number of rotatable bonds is 5. The van der Waals surface area contributed by atoms with E-state index in [1.165, 1.54) is 54.1 Å². The Hall–Kier alpha value is -6.02. The van der Waals surface area contributed by atoms with Gasteiger partial charge in [0.1, 0.15) is 16.1 Å². The molecular formula is C49H39N3Si2. The number of benzene rings is 7. The minimum absolute atomic E-state index is 0.669. The second-order valence-electron chi connectivity index (χ2n) is 15.6. The zero-order chi connectivity index (χ0) is 36.6. The predicted molar refractivity (Wildman–Crippen MR) is 231 cm³/mol. The Morgan fingerprint density at radius 3 is 1.39 bits per heavy atom. The van der Waals surface area contributed by atoms with Crippen LogP contribution in [-0.2, 0) is 0 Å². The highest BCUT2D eigenvalue weighted by Crippen LogP contribution is 2.40. The lowest BCUT2D eigenvalue weighted by Gasteiger charge is -2.23. The lowest BCUT2D eigenvalue weighted by Crippen LogP contribution is -2.50.